The van der Waals surface area contributed by atoms with E-state index in [2.05, 4.69) is 40.2 Å². The maximum absolute atomic E-state index is 12.2. The summed E-state index contributed by atoms with van der Waals surface area (Å²) < 4.78 is 11.3. The number of aldehydes is 1. The molecule has 0 bridgehead atoms. The molecule has 0 fully saturated rings. The van der Waals surface area contributed by atoms with E-state index in [-0.39, 0.29) is 18.2 Å². The van der Waals surface area contributed by atoms with Crippen molar-refractivity contribution < 1.29 is 19.1 Å². The van der Waals surface area contributed by atoms with Crippen molar-refractivity contribution in [2.24, 2.45) is 0 Å². The van der Waals surface area contributed by atoms with Gasteiger partial charge in [0.15, 0.2) is 6.29 Å². The van der Waals surface area contributed by atoms with Crippen LogP contribution >= 0.6 is 0 Å². The second-order valence-electron chi connectivity index (χ2n) is 9.13. The van der Waals surface area contributed by atoms with Gasteiger partial charge in [0, 0.05) is 31.4 Å². The number of aromatic nitrogens is 1. The molecule has 8 heteroatoms. The van der Waals surface area contributed by atoms with Gasteiger partial charge in [-0.25, -0.2) is 9.80 Å². The first-order chi connectivity index (χ1) is 15.6. The third kappa shape index (κ3) is 5.90. The van der Waals surface area contributed by atoms with Gasteiger partial charge in [-0.1, -0.05) is 12.1 Å². The van der Waals surface area contributed by atoms with Crippen LogP contribution in [0, 0.1) is 0 Å². The minimum absolute atomic E-state index is 0.215. The highest BCUT2D eigenvalue weighted by Gasteiger charge is 2.27. The SMILES string of the molecule is CC(C)N1C(c2ncccc2COc2cccc(NC(=O)OC(C)(C)C)c2C=O)=CCN1C. The highest BCUT2D eigenvalue weighted by Crippen LogP contribution is 2.30. The third-order valence-corrected chi connectivity index (χ3v) is 4.99. The van der Waals surface area contributed by atoms with E-state index in [0.717, 1.165) is 23.5 Å². The Morgan fingerprint density at radius 3 is 2.67 bits per heavy atom. The molecule has 8 nitrogen and oxygen atoms in total. The van der Waals surface area contributed by atoms with Gasteiger partial charge in [-0.05, 0) is 58.9 Å². The van der Waals surface area contributed by atoms with Gasteiger partial charge in [-0.3, -0.25) is 15.1 Å². The van der Waals surface area contributed by atoms with Crippen molar-refractivity contribution in [1.29, 1.82) is 0 Å². The molecule has 3 rings (SSSR count). The van der Waals surface area contributed by atoms with Crippen molar-refractivity contribution in [3.63, 3.8) is 0 Å². The van der Waals surface area contributed by atoms with Crippen LogP contribution in [0.15, 0.2) is 42.6 Å². The van der Waals surface area contributed by atoms with Crippen LogP contribution in [-0.4, -0.2) is 52.6 Å². The number of carbonyl (C=O) groups is 2. The van der Waals surface area contributed by atoms with Crippen molar-refractivity contribution in [3.8, 4) is 5.75 Å². The molecule has 0 saturated heterocycles. The molecule has 176 valence electrons. The van der Waals surface area contributed by atoms with E-state index in [9.17, 15) is 9.59 Å². The lowest BCUT2D eigenvalue weighted by atomic mass is 10.1. The van der Waals surface area contributed by atoms with Crippen LogP contribution in [0.1, 0.15) is 56.2 Å². The number of nitrogens with zero attached hydrogens (tertiary/aromatic N) is 3. The van der Waals surface area contributed by atoms with Gasteiger partial charge < -0.3 is 14.5 Å². The van der Waals surface area contributed by atoms with Gasteiger partial charge >= 0.3 is 6.09 Å². The zero-order chi connectivity index (χ0) is 24.2. The third-order valence-electron chi connectivity index (χ3n) is 4.99. The molecule has 2 aromatic rings. The average molecular weight is 453 g/mol. The van der Waals surface area contributed by atoms with Gasteiger partial charge in [0.1, 0.15) is 18.0 Å². The number of benzene rings is 1. The second-order valence-corrected chi connectivity index (χ2v) is 9.13. The average Bonchev–Trinajstić information content (AvgIpc) is 3.12. The molecule has 0 unspecified atom stereocenters. The number of likely N-dealkylation sites (N-methyl/N-ethyl adjacent to an activating group) is 1. The molecule has 33 heavy (non-hydrogen) atoms. The van der Waals surface area contributed by atoms with Crippen molar-refractivity contribution in [1.82, 2.24) is 15.0 Å². The topological polar surface area (TPSA) is 84.0 Å². The predicted octanol–water partition coefficient (Wildman–Crippen LogP) is 4.73. The number of amides is 1. The van der Waals surface area contributed by atoms with Gasteiger partial charge in [0.2, 0.25) is 0 Å². The zero-order valence-electron chi connectivity index (χ0n) is 20.1. The Kier molecular flexibility index (Phi) is 7.38. The smallest absolute Gasteiger partial charge is 0.412 e. The van der Waals surface area contributed by atoms with E-state index in [1.807, 2.05) is 19.2 Å². The molecule has 1 aromatic carbocycles. The van der Waals surface area contributed by atoms with E-state index >= 15 is 0 Å². The Morgan fingerprint density at radius 1 is 1.24 bits per heavy atom. The Morgan fingerprint density at radius 2 is 2.00 bits per heavy atom. The number of carbonyl (C=O) groups excluding carboxylic acids is 2. The summed E-state index contributed by atoms with van der Waals surface area (Å²) in [5, 5.41) is 6.98. The highest BCUT2D eigenvalue weighted by molar-refractivity contribution is 5.95. The number of anilines is 1. The van der Waals surface area contributed by atoms with Crippen LogP contribution < -0.4 is 10.1 Å². The van der Waals surface area contributed by atoms with E-state index in [1.165, 1.54) is 0 Å². The fourth-order valence-electron chi connectivity index (χ4n) is 3.72. The monoisotopic (exact) mass is 452 g/mol. The number of hydrogen-bond donors (Lipinski definition) is 1. The fourth-order valence-corrected chi connectivity index (χ4v) is 3.72. The standard InChI is InChI=1S/C25H32N4O4/c1-17(2)29-21(12-14-28(29)6)23-18(9-8-13-26-23)16-32-22-11-7-10-20(19(22)15-30)27-24(31)33-25(3,4)5/h7-13,15,17H,14,16H2,1-6H3,(H,27,31). The number of hydrogen-bond acceptors (Lipinski definition) is 7. The molecule has 0 spiro atoms. The van der Waals surface area contributed by atoms with Crippen molar-refractivity contribution in [2.45, 2.75) is 52.9 Å². The first-order valence-electron chi connectivity index (χ1n) is 11.0. The Bertz CT molecular complexity index is 1040. The lowest BCUT2D eigenvalue weighted by Gasteiger charge is -2.33. The summed E-state index contributed by atoms with van der Waals surface area (Å²) in [6.07, 6.45) is 3.94. The molecule has 0 aliphatic carbocycles. The number of ether oxygens (including phenoxy) is 2. The first kappa shape index (κ1) is 24.3. The highest BCUT2D eigenvalue weighted by atomic mass is 16.6. The number of hydrazine groups is 1. The molecule has 0 saturated carbocycles. The van der Waals surface area contributed by atoms with Crippen LogP contribution in [0.3, 0.4) is 0 Å². The molecule has 1 N–H and O–H groups in total. The Hall–Kier alpha value is -3.39. The normalized spacial score (nSPS) is 14.3. The molecule has 0 atom stereocenters. The summed E-state index contributed by atoms with van der Waals surface area (Å²) in [5.74, 6) is 0.367. The second kappa shape index (κ2) is 10.0. The summed E-state index contributed by atoms with van der Waals surface area (Å²) in [5.41, 5.74) is 2.69. The van der Waals surface area contributed by atoms with Crippen LogP contribution in [-0.2, 0) is 11.3 Å². The van der Waals surface area contributed by atoms with Crippen molar-refractivity contribution in [3.05, 3.63) is 59.4 Å². The maximum Gasteiger partial charge on any atom is 0.412 e. The Labute approximate surface area is 195 Å². The molecular weight excluding hydrogens is 420 g/mol. The van der Waals surface area contributed by atoms with Crippen LogP contribution in [0.4, 0.5) is 10.5 Å². The van der Waals surface area contributed by atoms with Crippen LogP contribution in [0.2, 0.25) is 0 Å². The maximum atomic E-state index is 12.2. The molecule has 1 aliphatic heterocycles. The van der Waals surface area contributed by atoms with Crippen LogP contribution in [0.5, 0.6) is 5.75 Å². The molecular formula is C25H32N4O4. The van der Waals surface area contributed by atoms with E-state index in [0.29, 0.717) is 17.7 Å². The molecule has 1 amide bonds. The summed E-state index contributed by atoms with van der Waals surface area (Å²) >= 11 is 0. The molecule has 2 heterocycles. The Balaban J connectivity index is 1.81. The largest absolute Gasteiger partial charge is 0.488 e. The van der Waals surface area contributed by atoms with Gasteiger partial charge in [0.05, 0.1) is 22.6 Å². The zero-order valence-corrected chi connectivity index (χ0v) is 20.1. The number of nitrogens with one attached hydrogen (secondary N) is 1. The quantitative estimate of drug-likeness (QED) is 0.608. The van der Waals surface area contributed by atoms with Gasteiger partial charge in [0.25, 0.3) is 0 Å². The molecule has 0 radical (unpaired) electrons. The predicted molar refractivity (Wildman–Crippen MR) is 128 cm³/mol. The first-order valence-corrected chi connectivity index (χ1v) is 11.0. The fraction of sp³-hybridized carbons (Fsp3) is 0.400. The number of pyridine rings is 1. The minimum Gasteiger partial charge on any atom is -0.488 e. The van der Waals surface area contributed by atoms with Gasteiger partial charge in [-0.15, -0.1) is 0 Å². The minimum atomic E-state index is -0.650. The lowest BCUT2D eigenvalue weighted by molar-refractivity contribution is 0.0632. The van der Waals surface area contributed by atoms with Gasteiger partial charge in [-0.2, -0.15) is 0 Å². The number of rotatable bonds is 7. The summed E-state index contributed by atoms with van der Waals surface area (Å²) in [6, 6.07) is 9.15. The summed E-state index contributed by atoms with van der Waals surface area (Å²) in [6.45, 7) is 10.6. The van der Waals surface area contributed by atoms with E-state index < -0.39 is 11.7 Å². The molecule has 1 aromatic heterocycles. The molecule has 1 aliphatic rings. The van der Waals surface area contributed by atoms with E-state index in [4.69, 9.17) is 9.47 Å². The van der Waals surface area contributed by atoms with Crippen molar-refractivity contribution in [2.75, 3.05) is 18.9 Å². The van der Waals surface area contributed by atoms with E-state index in [1.54, 1.807) is 45.2 Å². The summed E-state index contributed by atoms with van der Waals surface area (Å²) in [4.78, 5) is 28.6. The van der Waals surface area contributed by atoms with Crippen molar-refractivity contribution >= 4 is 23.8 Å². The summed E-state index contributed by atoms with van der Waals surface area (Å²) in [7, 11) is 2.04. The lowest BCUT2D eigenvalue weighted by Crippen LogP contribution is -2.39. The van der Waals surface area contributed by atoms with Crippen LogP contribution in [0.25, 0.3) is 5.70 Å².